The Hall–Kier alpha value is -3.03. The van der Waals surface area contributed by atoms with Gasteiger partial charge in [-0.1, -0.05) is 29.4 Å². The molecule has 2 amide bonds. The summed E-state index contributed by atoms with van der Waals surface area (Å²) < 4.78 is 41.1. The molecule has 0 spiro atoms. The van der Waals surface area contributed by atoms with Crippen LogP contribution in [0, 0.1) is 17.5 Å². The van der Waals surface area contributed by atoms with E-state index in [-0.39, 0.29) is 24.7 Å². The molecule has 1 aliphatic rings. The minimum Gasteiger partial charge on any atom is -0.390 e. The van der Waals surface area contributed by atoms with Crippen LogP contribution in [0.5, 0.6) is 0 Å². The average Bonchev–Trinajstić information content (AvgIpc) is 3.11. The molecule has 1 unspecified atom stereocenters. The lowest BCUT2D eigenvalue weighted by Crippen LogP contribution is -2.43. The molecule has 0 aromatic heterocycles. The van der Waals surface area contributed by atoms with Crippen molar-refractivity contribution in [3.63, 3.8) is 0 Å². The Morgan fingerprint density at radius 1 is 1.14 bits per heavy atom. The molecule has 3 rings (SSSR count). The molecule has 2 aromatic rings. The topological polar surface area (TPSA) is 45.1 Å². The van der Waals surface area contributed by atoms with Crippen molar-refractivity contribution >= 4 is 11.7 Å². The zero-order chi connectivity index (χ0) is 20.3. The fraction of sp³-hybridized carbons (Fsp3) is 0.300. The van der Waals surface area contributed by atoms with Gasteiger partial charge in [0.1, 0.15) is 17.5 Å². The molecule has 28 heavy (non-hydrogen) atoms. The van der Waals surface area contributed by atoms with Gasteiger partial charge in [0, 0.05) is 37.7 Å². The van der Waals surface area contributed by atoms with Gasteiger partial charge in [-0.25, -0.2) is 18.0 Å². The van der Waals surface area contributed by atoms with Crippen LogP contribution in [0.25, 0.3) is 0 Å². The number of amides is 2. The van der Waals surface area contributed by atoms with Crippen molar-refractivity contribution in [2.75, 3.05) is 20.6 Å². The van der Waals surface area contributed by atoms with Crippen molar-refractivity contribution in [2.45, 2.75) is 19.1 Å². The first-order valence-electron chi connectivity index (χ1n) is 8.73. The van der Waals surface area contributed by atoms with Crippen molar-refractivity contribution in [3.8, 4) is 0 Å². The van der Waals surface area contributed by atoms with Gasteiger partial charge in [0.2, 0.25) is 0 Å². The monoisotopic (exact) mass is 391 g/mol. The molecule has 1 heterocycles. The van der Waals surface area contributed by atoms with Gasteiger partial charge in [0.15, 0.2) is 6.10 Å². The fourth-order valence-electron chi connectivity index (χ4n) is 2.98. The van der Waals surface area contributed by atoms with Crippen LogP contribution in [0.15, 0.2) is 47.6 Å². The summed E-state index contributed by atoms with van der Waals surface area (Å²) in [6, 6.07) is 9.10. The van der Waals surface area contributed by atoms with E-state index in [9.17, 15) is 18.0 Å². The third-order valence-corrected chi connectivity index (χ3v) is 4.37. The second kappa shape index (κ2) is 8.33. The van der Waals surface area contributed by atoms with E-state index in [1.807, 2.05) is 0 Å². The van der Waals surface area contributed by atoms with Crippen LogP contribution in [0.4, 0.5) is 18.0 Å². The minimum absolute atomic E-state index is 0.0575. The van der Waals surface area contributed by atoms with Gasteiger partial charge >= 0.3 is 6.03 Å². The maximum Gasteiger partial charge on any atom is 0.319 e. The van der Waals surface area contributed by atoms with E-state index in [1.54, 1.807) is 32.3 Å². The molecule has 1 aliphatic heterocycles. The van der Waals surface area contributed by atoms with Crippen LogP contribution in [0.1, 0.15) is 17.5 Å². The smallest absolute Gasteiger partial charge is 0.319 e. The highest BCUT2D eigenvalue weighted by atomic mass is 19.1. The van der Waals surface area contributed by atoms with Crippen molar-refractivity contribution in [2.24, 2.45) is 5.16 Å². The third-order valence-electron chi connectivity index (χ3n) is 4.37. The predicted molar refractivity (Wildman–Crippen MR) is 98.3 cm³/mol. The van der Waals surface area contributed by atoms with Gasteiger partial charge in [0.25, 0.3) is 0 Å². The summed E-state index contributed by atoms with van der Waals surface area (Å²) in [4.78, 5) is 20.6. The number of benzene rings is 2. The lowest BCUT2D eigenvalue weighted by atomic mass is 10.0. The molecule has 2 aromatic carbocycles. The molecule has 0 saturated carbocycles. The summed E-state index contributed by atoms with van der Waals surface area (Å²) >= 11 is 0. The number of oxime groups is 1. The molecular formula is C20H20F3N3O2. The van der Waals surface area contributed by atoms with Gasteiger partial charge in [0.05, 0.1) is 18.8 Å². The molecule has 1 atom stereocenters. The first-order chi connectivity index (χ1) is 13.3. The van der Waals surface area contributed by atoms with E-state index in [0.29, 0.717) is 17.7 Å². The number of nitrogens with zero attached hydrogens (tertiary/aromatic N) is 3. The third kappa shape index (κ3) is 4.44. The Morgan fingerprint density at radius 2 is 1.89 bits per heavy atom. The molecule has 0 aliphatic carbocycles. The minimum atomic E-state index is -0.729. The van der Waals surface area contributed by atoms with Crippen LogP contribution in [-0.2, 0) is 11.4 Å². The highest BCUT2D eigenvalue weighted by Crippen LogP contribution is 2.21. The molecule has 5 nitrogen and oxygen atoms in total. The van der Waals surface area contributed by atoms with Crippen LogP contribution >= 0.6 is 0 Å². The lowest BCUT2D eigenvalue weighted by Gasteiger charge is -2.28. The second-order valence-corrected chi connectivity index (χ2v) is 6.74. The maximum absolute atomic E-state index is 14.0. The first kappa shape index (κ1) is 19.7. The summed E-state index contributed by atoms with van der Waals surface area (Å²) in [7, 11) is 3.15. The Labute approximate surface area is 161 Å². The van der Waals surface area contributed by atoms with Crippen molar-refractivity contribution in [3.05, 3.63) is 71.0 Å². The van der Waals surface area contributed by atoms with Gasteiger partial charge < -0.3 is 14.6 Å². The van der Waals surface area contributed by atoms with Crippen molar-refractivity contribution in [1.82, 2.24) is 9.80 Å². The lowest BCUT2D eigenvalue weighted by molar-refractivity contribution is 0.0548. The van der Waals surface area contributed by atoms with Gasteiger partial charge in [-0.2, -0.15) is 0 Å². The number of hydrogen-bond acceptors (Lipinski definition) is 3. The van der Waals surface area contributed by atoms with E-state index in [0.717, 1.165) is 12.1 Å². The van der Waals surface area contributed by atoms with Crippen LogP contribution in [0.3, 0.4) is 0 Å². The van der Waals surface area contributed by atoms with Crippen LogP contribution in [0.2, 0.25) is 0 Å². The first-order valence-corrected chi connectivity index (χ1v) is 8.73. The van der Waals surface area contributed by atoms with Crippen LogP contribution in [-0.4, -0.2) is 48.3 Å². The summed E-state index contributed by atoms with van der Waals surface area (Å²) in [5.74, 6) is -1.82. The van der Waals surface area contributed by atoms with Gasteiger partial charge in [-0.05, 0) is 12.1 Å². The van der Waals surface area contributed by atoms with E-state index in [4.69, 9.17) is 4.84 Å². The van der Waals surface area contributed by atoms with E-state index in [2.05, 4.69) is 5.16 Å². The Bertz CT molecular complexity index is 902. The molecule has 0 N–H and O–H groups in total. The largest absolute Gasteiger partial charge is 0.390 e. The van der Waals surface area contributed by atoms with E-state index < -0.39 is 23.6 Å². The summed E-state index contributed by atoms with van der Waals surface area (Å²) in [6.45, 7) is 0.0628. The number of carbonyl (C=O) groups excluding carboxylic acids is 1. The molecule has 0 fully saturated rings. The van der Waals surface area contributed by atoms with E-state index in [1.165, 1.54) is 21.9 Å². The Balaban J connectivity index is 1.72. The van der Waals surface area contributed by atoms with Crippen molar-refractivity contribution < 1.29 is 22.8 Å². The molecule has 148 valence electrons. The zero-order valence-corrected chi connectivity index (χ0v) is 15.5. The molecule has 0 bridgehead atoms. The summed E-state index contributed by atoms with van der Waals surface area (Å²) in [6.07, 6.45) is -0.189. The standard InChI is InChI=1S/C20H20F3N3O2/c1-25(2)20(27)26(11-13-7-8-14(21)9-18(13)23)12-15-10-19(24-28-15)16-5-3-4-6-17(16)22/h3-9,15H,10-12H2,1-2H3. The average molecular weight is 391 g/mol. The Kier molecular flexibility index (Phi) is 5.87. The quantitative estimate of drug-likeness (QED) is 0.779. The molecule has 0 saturated heterocycles. The van der Waals surface area contributed by atoms with Crippen molar-refractivity contribution in [1.29, 1.82) is 0 Å². The second-order valence-electron chi connectivity index (χ2n) is 6.74. The number of rotatable bonds is 5. The normalized spacial score (nSPS) is 15.8. The van der Waals surface area contributed by atoms with Crippen LogP contribution < -0.4 is 0 Å². The number of urea groups is 1. The van der Waals surface area contributed by atoms with E-state index >= 15 is 0 Å². The summed E-state index contributed by atoms with van der Waals surface area (Å²) in [5.41, 5.74) is 0.984. The molecular weight excluding hydrogens is 371 g/mol. The highest BCUT2D eigenvalue weighted by molar-refractivity contribution is 6.01. The highest BCUT2D eigenvalue weighted by Gasteiger charge is 2.29. The molecule has 8 heteroatoms. The molecule has 0 radical (unpaired) electrons. The SMILES string of the molecule is CN(C)C(=O)N(Cc1ccc(F)cc1F)CC1CC(c2ccccc2F)=NO1. The zero-order valence-electron chi connectivity index (χ0n) is 15.5. The Morgan fingerprint density at radius 3 is 2.57 bits per heavy atom. The maximum atomic E-state index is 14.0. The number of halogens is 3. The number of carbonyl (C=O) groups is 1. The number of hydrogen-bond donors (Lipinski definition) is 0. The summed E-state index contributed by atoms with van der Waals surface area (Å²) in [5, 5.41) is 3.94. The fourth-order valence-corrected chi connectivity index (χ4v) is 2.98. The van der Waals surface area contributed by atoms with Gasteiger partial charge in [-0.15, -0.1) is 0 Å². The predicted octanol–water partition coefficient (Wildman–Crippen LogP) is 3.78. The van der Waals surface area contributed by atoms with Gasteiger partial charge in [-0.3, -0.25) is 0 Å².